The summed E-state index contributed by atoms with van der Waals surface area (Å²) < 4.78 is 11.1. The molecule has 0 saturated carbocycles. The summed E-state index contributed by atoms with van der Waals surface area (Å²) in [5.74, 6) is -0.970. The summed E-state index contributed by atoms with van der Waals surface area (Å²) in [6.07, 6.45) is 1.18. The molecule has 2 heterocycles. The van der Waals surface area contributed by atoms with Gasteiger partial charge in [-0.15, -0.1) is 0 Å². The Hall–Kier alpha value is -2.61. The molecule has 0 bridgehead atoms. The molecule has 2 aliphatic heterocycles. The Morgan fingerprint density at radius 2 is 1.97 bits per heavy atom. The molecule has 0 radical (unpaired) electrons. The van der Waals surface area contributed by atoms with Crippen LogP contribution in [0.4, 0.5) is 0 Å². The lowest BCUT2D eigenvalue weighted by atomic mass is 9.96. The van der Waals surface area contributed by atoms with E-state index in [1.54, 1.807) is 29.2 Å². The highest BCUT2D eigenvalue weighted by molar-refractivity contribution is 5.97. The number of benzene rings is 1. The maximum Gasteiger partial charge on any atom is 0.256 e. The fraction of sp³-hybridized carbons (Fsp3) is 0.571. The van der Waals surface area contributed by atoms with Crippen LogP contribution in [0.15, 0.2) is 24.3 Å². The number of piperidine rings is 1. The summed E-state index contributed by atoms with van der Waals surface area (Å²) in [6.45, 7) is 4.67. The molecular weight excluding hydrogens is 376 g/mol. The van der Waals surface area contributed by atoms with Gasteiger partial charge in [-0.05, 0) is 24.1 Å². The van der Waals surface area contributed by atoms with E-state index in [0.29, 0.717) is 43.7 Å². The normalized spacial score (nSPS) is 20.9. The van der Waals surface area contributed by atoms with E-state index >= 15 is 0 Å². The van der Waals surface area contributed by atoms with Gasteiger partial charge in [-0.3, -0.25) is 14.5 Å². The van der Waals surface area contributed by atoms with Crippen molar-refractivity contribution in [2.24, 2.45) is 5.92 Å². The van der Waals surface area contributed by atoms with Crippen LogP contribution >= 0.6 is 0 Å². The van der Waals surface area contributed by atoms with Crippen molar-refractivity contribution >= 4 is 17.8 Å². The number of carboxylic acids is 1. The van der Waals surface area contributed by atoms with Crippen molar-refractivity contribution in [1.29, 1.82) is 0 Å². The Balaban J connectivity index is 1.83. The van der Waals surface area contributed by atoms with Gasteiger partial charge in [0.15, 0.2) is 0 Å². The third-order valence-electron chi connectivity index (χ3n) is 5.55. The lowest BCUT2D eigenvalue weighted by Gasteiger charge is -2.45. The highest BCUT2D eigenvalue weighted by atomic mass is 16.5. The minimum atomic E-state index is -1.35. The van der Waals surface area contributed by atoms with Crippen LogP contribution in [0.5, 0.6) is 5.75 Å². The van der Waals surface area contributed by atoms with Crippen LogP contribution in [0.1, 0.15) is 43.5 Å². The second kappa shape index (κ2) is 8.41. The topological polar surface area (TPSA) is 99.2 Å². The standard InChI is InChI=1S/C21H28N2O6/c1-14(2)11-18(24)22-9-7-21(8-10-22)23(17(13-29-21)20(26)27)19(25)15-5-4-6-16(12-15)28-3/h4-6,12,14,17H,7-11,13H2,1-3H3,(H,26,27)/p-1/t17-/m0/s1. The van der Waals surface area contributed by atoms with Crippen molar-refractivity contribution in [2.45, 2.75) is 44.9 Å². The second-order valence-corrected chi connectivity index (χ2v) is 7.98. The van der Waals surface area contributed by atoms with Gasteiger partial charge in [-0.25, -0.2) is 0 Å². The van der Waals surface area contributed by atoms with Gasteiger partial charge in [0.05, 0.1) is 25.7 Å². The van der Waals surface area contributed by atoms with E-state index in [0.717, 1.165) is 0 Å². The molecule has 1 spiro atoms. The van der Waals surface area contributed by atoms with E-state index in [4.69, 9.17) is 9.47 Å². The monoisotopic (exact) mass is 403 g/mol. The molecule has 8 nitrogen and oxygen atoms in total. The maximum absolute atomic E-state index is 13.3. The molecule has 0 aliphatic carbocycles. The molecule has 2 saturated heterocycles. The summed E-state index contributed by atoms with van der Waals surface area (Å²) >= 11 is 0. The maximum atomic E-state index is 13.3. The van der Waals surface area contributed by atoms with E-state index in [1.165, 1.54) is 12.0 Å². The van der Waals surface area contributed by atoms with Crippen molar-refractivity contribution < 1.29 is 29.0 Å². The predicted molar refractivity (Wildman–Crippen MR) is 102 cm³/mol. The van der Waals surface area contributed by atoms with Gasteiger partial charge >= 0.3 is 0 Å². The number of nitrogens with zero attached hydrogens (tertiary/aromatic N) is 2. The molecule has 0 N–H and O–H groups in total. The Kier molecular flexibility index (Phi) is 6.12. The van der Waals surface area contributed by atoms with Gasteiger partial charge in [0.1, 0.15) is 11.5 Å². The van der Waals surface area contributed by atoms with Gasteiger partial charge in [-0.1, -0.05) is 19.9 Å². The molecule has 2 fully saturated rings. The SMILES string of the molecule is COc1cccc(C(=O)N2[C@H](C(=O)[O-])COC23CCN(C(=O)CC(C)C)CC3)c1. The number of ether oxygens (including phenoxy) is 2. The van der Waals surface area contributed by atoms with Crippen LogP contribution in [-0.4, -0.2) is 66.2 Å². The van der Waals surface area contributed by atoms with Crippen molar-refractivity contribution in [1.82, 2.24) is 9.80 Å². The summed E-state index contributed by atoms with van der Waals surface area (Å²) in [5.41, 5.74) is -0.738. The smallest absolute Gasteiger partial charge is 0.256 e. The first-order chi connectivity index (χ1) is 13.8. The number of aliphatic carboxylic acids is 1. The number of methoxy groups -OCH3 is 1. The molecule has 1 aromatic carbocycles. The Bertz CT molecular complexity index is 785. The predicted octanol–water partition coefficient (Wildman–Crippen LogP) is 0.651. The van der Waals surface area contributed by atoms with Gasteiger partial charge in [0.25, 0.3) is 5.91 Å². The van der Waals surface area contributed by atoms with Gasteiger partial charge in [0, 0.05) is 37.9 Å². The van der Waals surface area contributed by atoms with Crippen LogP contribution in [-0.2, 0) is 14.3 Å². The second-order valence-electron chi connectivity index (χ2n) is 7.98. The first-order valence-electron chi connectivity index (χ1n) is 9.88. The number of carbonyl (C=O) groups excluding carboxylic acids is 3. The molecule has 3 rings (SSSR count). The zero-order chi connectivity index (χ0) is 21.2. The summed E-state index contributed by atoms with van der Waals surface area (Å²) in [7, 11) is 1.50. The quantitative estimate of drug-likeness (QED) is 0.716. The molecule has 1 atom stereocenters. The van der Waals surface area contributed by atoms with Crippen LogP contribution in [0.2, 0.25) is 0 Å². The van der Waals surface area contributed by atoms with Crippen LogP contribution in [0.3, 0.4) is 0 Å². The summed E-state index contributed by atoms with van der Waals surface area (Å²) in [4.78, 5) is 40.4. The lowest BCUT2D eigenvalue weighted by molar-refractivity contribution is -0.310. The number of carbonyl (C=O) groups is 3. The van der Waals surface area contributed by atoms with E-state index < -0.39 is 23.6 Å². The van der Waals surface area contributed by atoms with Crippen LogP contribution in [0, 0.1) is 5.92 Å². The van der Waals surface area contributed by atoms with Crippen molar-refractivity contribution in [3.8, 4) is 5.75 Å². The molecule has 0 unspecified atom stereocenters. The number of carboxylic acid groups (broad SMARTS) is 1. The van der Waals surface area contributed by atoms with Crippen molar-refractivity contribution in [2.75, 3.05) is 26.8 Å². The Morgan fingerprint density at radius 3 is 2.55 bits per heavy atom. The zero-order valence-corrected chi connectivity index (χ0v) is 17.1. The third kappa shape index (κ3) is 4.22. The first-order valence-corrected chi connectivity index (χ1v) is 9.88. The Morgan fingerprint density at radius 1 is 1.28 bits per heavy atom. The molecule has 1 aromatic rings. The average molecular weight is 403 g/mol. The lowest BCUT2D eigenvalue weighted by Crippen LogP contribution is -2.60. The van der Waals surface area contributed by atoms with Crippen LogP contribution in [0.25, 0.3) is 0 Å². The zero-order valence-electron chi connectivity index (χ0n) is 17.1. The number of amides is 2. The molecule has 29 heavy (non-hydrogen) atoms. The van der Waals surface area contributed by atoms with E-state index in [9.17, 15) is 19.5 Å². The number of hydrogen-bond acceptors (Lipinski definition) is 6. The minimum Gasteiger partial charge on any atom is -0.548 e. The van der Waals surface area contributed by atoms with Crippen LogP contribution < -0.4 is 9.84 Å². The van der Waals surface area contributed by atoms with Gasteiger partial charge in [-0.2, -0.15) is 0 Å². The van der Waals surface area contributed by atoms with Crippen molar-refractivity contribution in [3.63, 3.8) is 0 Å². The first kappa shape index (κ1) is 21.1. The van der Waals surface area contributed by atoms with E-state index in [2.05, 4.69) is 0 Å². The molecule has 2 aliphatic rings. The highest BCUT2D eigenvalue weighted by Crippen LogP contribution is 2.38. The number of likely N-dealkylation sites (tertiary alicyclic amines) is 1. The van der Waals surface area contributed by atoms with Gasteiger partial charge < -0.3 is 24.3 Å². The molecule has 2 amide bonds. The van der Waals surface area contributed by atoms with Crippen molar-refractivity contribution in [3.05, 3.63) is 29.8 Å². The van der Waals surface area contributed by atoms with Gasteiger partial charge in [0.2, 0.25) is 5.91 Å². The fourth-order valence-corrected chi connectivity index (χ4v) is 4.03. The molecular formula is C21H27N2O6-. The molecule has 158 valence electrons. The largest absolute Gasteiger partial charge is 0.548 e. The Labute approximate surface area is 170 Å². The number of hydrogen-bond donors (Lipinski definition) is 0. The van der Waals surface area contributed by atoms with E-state index in [1.807, 2.05) is 13.8 Å². The summed E-state index contributed by atoms with van der Waals surface area (Å²) in [5, 5.41) is 11.7. The molecule has 0 aromatic heterocycles. The van der Waals surface area contributed by atoms with E-state index in [-0.39, 0.29) is 18.4 Å². The molecule has 8 heteroatoms. The highest BCUT2D eigenvalue weighted by Gasteiger charge is 2.52. The third-order valence-corrected chi connectivity index (χ3v) is 5.55. The number of rotatable bonds is 5. The minimum absolute atomic E-state index is 0.0648. The fourth-order valence-electron chi connectivity index (χ4n) is 4.03. The average Bonchev–Trinajstić information content (AvgIpc) is 3.06. The summed E-state index contributed by atoms with van der Waals surface area (Å²) in [6, 6.07) is 5.40.